The first-order valence-electron chi connectivity index (χ1n) is 14.9. The van der Waals surface area contributed by atoms with E-state index in [-0.39, 0.29) is 12.2 Å². The molecule has 0 radical (unpaired) electrons. The summed E-state index contributed by atoms with van der Waals surface area (Å²) in [7, 11) is 7.42. The van der Waals surface area contributed by atoms with Gasteiger partial charge in [0.05, 0.1) is 42.3 Å². The quantitative estimate of drug-likeness (QED) is 0.128. The summed E-state index contributed by atoms with van der Waals surface area (Å²) in [5, 5.41) is 0. The van der Waals surface area contributed by atoms with Crippen molar-refractivity contribution in [1.29, 1.82) is 0 Å². The lowest BCUT2D eigenvalue weighted by molar-refractivity contribution is -0.870. The molecule has 0 saturated heterocycles. The average Bonchev–Trinajstić information content (AvgIpc) is 2.82. The molecule has 0 N–H and O–H groups in total. The summed E-state index contributed by atoms with van der Waals surface area (Å²) >= 11 is 0. The summed E-state index contributed by atoms with van der Waals surface area (Å²) < 4.78 is 46.4. The Labute approximate surface area is 251 Å². The van der Waals surface area contributed by atoms with Gasteiger partial charge in [-0.3, -0.25) is 8.42 Å². The molecule has 0 spiro atoms. The van der Waals surface area contributed by atoms with Crippen molar-refractivity contribution in [2.24, 2.45) is 0 Å². The van der Waals surface area contributed by atoms with Crippen LogP contribution >= 0.6 is 0 Å². The third-order valence-corrected chi connectivity index (χ3v) is 5.62. The number of likely N-dealkylation sites (N-methyl/N-ethyl adjacent to an activating group) is 2. The molecule has 0 fully saturated rings. The zero-order valence-corrected chi connectivity index (χ0v) is 28.6. The fraction of sp³-hybridized carbons (Fsp3) is 0.929. The van der Waals surface area contributed by atoms with Gasteiger partial charge in [0, 0.05) is 36.6 Å². The van der Waals surface area contributed by atoms with Gasteiger partial charge in [-0.1, -0.05) is 53.4 Å². The molecule has 13 heteroatoms. The minimum atomic E-state index is -5.17. The number of hydrogen-bond acceptors (Lipinski definition) is 8. The Kier molecular flexibility index (Phi) is 26.6. The number of rotatable bonds is 18. The molecule has 0 bridgehead atoms. The van der Waals surface area contributed by atoms with Crippen LogP contribution in [0.5, 0.6) is 0 Å². The monoisotopic (exact) mass is 614 g/mol. The maximum absolute atomic E-state index is 11.9. The lowest BCUT2D eigenvalue weighted by Crippen LogP contribution is -2.40. The van der Waals surface area contributed by atoms with Crippen molar-refractivity contribution in [2.75, 3.05) is 94.8 Å². The van der Waals surface area contributed by atoms with Crippen molar-refractivity contribution in [3.8, 4) is 0 Å². The van der Waals surface area contributed by atoms with E-state index in [1.165, 1.54) is 0 Å². The zero-order chi connectivity index (χ0) is 32.5. The molecular formula is C28H62N4O8S. The first-order chi connectivity index (χ1) is 18.8. The predicted octanol–water partition coefficient (Wildman–Crippen LogP) is 4.12. The summed E-state index contributed by atoms with van der Waals surface area (Å²) in [4.78, 5) is 27.6. The minimum absolute atomic E-state index is 0.148. The Morgan fingerprint density at radius 3 is 0.976 bits per heavy atom. The molecule has 0 aromatic rings. The van der Waals surface area contributed by atoms with E-state index in [9.17, 15) is 9.59 Å². The predicted molar refractivity (Wildman–Crippen MR) is 162 cm³/mol. The van der Waals surface area contributed by atoms with E-state index in [0.29, 0.717) is 13.2 Å². The van der Waals surface area contributed by atoms with Gasteiger partial charge in [-0.05, 0) is 25.7 Å². The Morgan fingerprint density at radius 1 is 0.585 bits per heavy atom. The topological polar surface area (TPSA) is 139 Å². The SMILES string of the molecule is CCCCN(CCCC)C(=O)OCC[N+](C)(C)C.CCCCN(CCCC)C(=O)OCC[N+](C)(C)C.O=S(=O)([O-])[O-]. The van der Waals surface area contributed by atoms with Crippen molar-refractivity contribution >= 4 is 22.6 Å². The number of hydrogen-bond donors (Lipinski definition) is 0. The van der Waals surface area contributed by atoms with E-state index in [0.717, 1.165) is 99.6 Å². The summed E-state index contributed by atoms with van der Waals surface area (Å²) in [5.41, 5.74) is 0. The highest BCUT2D eigenvalue weighted by Gasteiger charge is 2.16. The van der Waals surface area contributed by atoms with Crippen LogP contribution in [0.15, 0.2) is 0 Å². The molecule has 0 unspecified atom stereocenters. The van der Waals surface area contributed by atoms with Gasteiger partial charge in [-0.25, -0.2) is 9.59 Å². The summed E-state index contributed by atoms with van der Waals surface area (Å²) in [6.07, 6.45) is 8.33. The van der Waals surface area contributed by atoms with Gasteiger partial charge in [-0.15, -0.1) is 0 Å². The summed E-state index contributed by atoms with van der Waals surface area (Å²) in [6.45, 7) is 14.5. The third-order valence-electron chi connectivity index (χ3n) is 5.62. The van der Waals surface area contributed by atoms with Crippen molar-refractivity contribution in [1.82, 2.24) is 9.80 Å². The molecule has 12 nitrogen and oxygen atoms in total. The van der Waals surface area contributed by atoms with Crippen molar-refractivity contribution < 1.29 is 45.6 Å². The van der Waals surface area contributed by atoms with Crippen LogP contribution in [0.1, 0.15) is 79.1 Å². The van der Waals surface area contributed by atoms with Crippen LogP contribution in [-0.2, 0) is 19.9 Å². The van der Waals surface area contributed by atoms with E-state index in [1.54, 1.807) is 0 Å². The number of carbonyl (C=O) groups is 2. The highest BCUT2D eigenvalue weighted by Crippen LogP contribution is 2.04. The van der Waals surface area contributed by atoms with Gasteiger partial charge < -0.3 is 37.3 Å². The van der Waals surface area contributed by atoms with Gasteiger partial charge >= 0.3 is 12.2 Å². The number of ether oxygens (including phenoxy) is 2. The van der Waals surface area contributed by atoms with Crippen LogP contribution in [0, 0.1) is 0 Å². The van der Waals surface area contributed by atoms with Crippen molar-refractivity contribution in [3.63, 3.8) is 0 Å². The molecule has 0 atom stereocenters. The van der Waals surface area contributed by atoms with E-state index >= 15 is 0 Å². The molecule has 41 heavy (non-hydrogen) atoms. The number of carbonyl (C=O) groups excluding carboxylic acids is 2. The zero-order valence-electron chi connectivity index (χ0n) is 27.8. The highest BCUT2D eigenvalue weighted by molar-refractivity contribution is 7.79. The van der Waals surface area contributed by atoms with E-state index in [4.69, 9.17) is 27.0 Å². The van der Waals surface area contributed by atoms with Crippen LogP contribution in [-0.4, -0.2) is 143 Å². The lowest BCUT2D eigenvalue weighted by Gasteiger charge is -2.25. The first kappa shape index (κ1) is 43.8. The van der Waals surface area contributed by atoms with E-state index in [1.807, 2.05) is 9.80 Å². The normalized spacial score (nSPS) is 11.4. The van der Waals surface area contributed by atoms with Gasteiger partial charge in [0.1, 0.15) is 26.3 Å². The number of nitrogens with zero attached hydrogens (tertiary/aromatic N) is 4. The van der Waals surface area contributed by atoms with Gasteiger partial charge in [0.25, 0.3) is 0 Å². The molecule has 0 rings (SSSR count). The fourth-order valence-corrected chi connectivity index (χ4v) is 2.98. The van der Waals surface area contributed by atoms with Gasteiger partial charge in [0.2, 0.25) is 0 Å². The molecule has 0 aliphatic heterocycles. The maximum Gasteiger partial charge on any atom is 0.409 e. The molecule has 248 valence electrons. The molecule has 2 amide bonds. The van der Waals surface area contributed by atoms with Crippen LogP contribution in [0.25, 0.3) is 0 Å². The average molecular weight is 615 g/mol. The number of quaternary nitrogens is 2. The smallest absolute Gasteiger partial charge is 0.409 e. The highest BCUT2D eigenvalue weighted by atomic mass is 32.3. The van der Waals surface area contributed by atoms with Gasteiger partial charge in [-0.2, -0.15) is 0 Å². The fourth-order valence-electron chi connectivity index (χ4n) is 2.98. The Hall–Kier alpha value is -1.67. The molecule has 0 aromatic heterocycles. The number of amides is 2. The molecule has 0 aromatic carbocycles. The second-order valence-electron chi connectivity index (χ2n) is 12.1. The molecular weight excluding hydrogens is 552 g/mol. The van der Waals surface area contributed by atoms with Gasteiger partial charge in [0.15, 0.2) is 0 Å². The molecule has 0 heterocycles. The Balaban J connectivity index is -0.000000604. The van der Waals surface area contributed by atoms with Crippen LogP contribution in [0.4, 0.5) is 9.59 Å². The van der Waals surface area contributed by atoms with E-state index < -0.39 is 10.4 Å². The molecule has 0 aliphatic carbocycles. The second kappa shape index (κ2) is 24.9. The number of unbranched alkanes of at least 4 members (excludes halogenated alkanes) is 4. The lowest BCUT2D eigenvalue weighted by atomic mass is 10.3. The van der Waals surface area contributed by atoms with Crippen LogP contribution in [0.2, 0.25) is 0 Å². The molecule has 0 saturated carbocycles. The third kappa shape index (κ3) is 38.3. The second-order valence-corrected chi connectivity index (χ2v) is 12.9. The Morgan fingerprint density at radius 2 is 0.805 bits per heavy atom. The summed E-state index contributed by atoms with van der Waals surface area (Å²) in [5.74, 6) is 0. The van der Waals surface area contributed by atoms with Crippen molar-refractivity contribution in [2.45, 2.75) is 79.1 Å². The minimum Gasteiger partial charge on any atom is -0.759 e. The first-order valence-corrected chi connectivity index (χ1v) is 16.3. The maximum atomic E-state index is 11.9. The van der Waals surface area contributed by atoms with Crippen LogP contribution < -0.4 is 0 Å². The molecule has 0 aliphatic rings. The van der Waals surface area contributed by atoms with Crippen LogP contribution in [0.3, 0.4) is 0 Å². The Bertz CT molecular complexity index is 681. The summed E-state index contributed by atoms with van der Waals surface area (Å²) in [6, 6.07) is 0. The van der Waals surface area contributed by atoms with E-state index in [2.05, 4.69) is 70.0 Å². The largest absolute Gasteiger partial charge is 0.759 e. The van der Waals surface area contributed by atoms with Crippen molar-refractivity contribution in [3.05, 3.63) is 0 Å². The standard InChI is InChI=1S/2C14H31N2O2.H2O4S/c2*1-6-8-10-15(11-9-7-2)14(17)18-13-12-16(3,4)5;1-5(2,3)4/h2*6-13H2,1-5H3;(H2,1,2,3,4)/q2*+1;/p-2.